The third-order valence-electron chi connectivity index (χ3n) is 3.11. The molecule has 3 heteroatoms. The second-order valence-corrected chi connectivity index (χ2v) is 5.46. The minimum atomic E-state index is 1.12. The van der Waals surface area contributed by atoms with E-state index in [0.717, 1.165) is 12.3 Å². The minimum absolute atomic E-state index is 1.12. The Morgan fingerprint density at radius 2 is 2.25 bits per heavy atom. The van der Waals surface area contributed by atoms with E-state index < -0.39 is 0 Å². The molecule has 0 spiro atoms. The van der Waals surface area contributed by atoms with Gasteiger partial charge in [-0.15, -0.1) is 0 Å². The molecule has 0 fully saturated rings. The fraction of sp³-hybridized carbons (Fsp3) is 0.538. The fourth-order valence-electron chi connectivity index (χ4n) is 2.21. The number of rotatable bonds is 4. The van der Waals surface area contributed by atoms with Crippen LogP contribution < -0.4 is 4.72 Å². The summed E-state index contributed by atoms with van der Waals surface area (Å²) in [4.78, 5) is 2.54. The lowest BCUT2D eigenvalue weighted by atomic mass is 9.98. The molecule has 0 atom stereocenters. The van der Waals surface area contributed by atoms with Crippen LogP contribution in [-0.4, -0.2) is 30.8 Å². The predicted octanol–water partition coefficient (Wildman–Crippen LogP) is 2.22. The van der Waals surface area contributed by atoms with E-state index in [1.807, 2.05) is 7.05 Å². The van der Waals surface area contributed by atoms with Crippen LogP contribution in [0.5, 0.6) is 0 Å². The van der Waals surface area contributed by atoms with Crippen LogP contribution in [0.4, 0.5) is 0 Å². The molecule has 0 bridgehead atoms. The standard InChI is InChI=1S/C13H20N2S/c1-11-3-4-13-10-15(7-8-16-14-2)6-5-12(13)9-11/h3-4,9,14H,5-8,10H2,1-2H3. The summed E-state index contributed by atoms with van der Waals surface area (Å²) in [7, 11) is 1.99. The molecule has 0 aromatic heterocycles. The highest BCUT2D eigenvalue weighted by Crippen LogP contribution is 2.20. The number of hydrogen-bond donors (Lipinski definition) is 1. The van der Waals surface area contributed by atoms with Gasteiger partial charge in [-0.3, -0.25) is 9.62 Å². The second-order valence-electron chi connectivity index (χ2n) is 4.35. The monoisotopic (exact) mass is 236 g/mol. The zero-order valence-electron chi connectivity index (χ0n) is 10.1. The first kappa shape index (κ1) is 12.0. The maximum absolute atomic E-state index is 3.12. The lowest BCUT2D eigenvalue weighted by molar-refractivity contribution is 0.270. The Morgan fingerprint density at radius 3 is 3.06 bits per heavy atom. The van der Waals surface area contributed by atoms with Gasteiger partial charge in [-0.05, 0) is 31.5 Å². The van der Waals surface area contributed by atoms with Gasteiger partial charge in [0.2, 0.25) is 0 Å². The zero-order chi connectivity index (χ0) is 11.4. The van der Waals surface area contributed by atoms with Gasteiger partial charge in [0.05, 0.1) is 0 Å². The highest BCUT2D eigenvalue weighted by atomic mass is 32.2. The number of fused-ring (bicyclic) bond motifs is 1. The normalized spacial score (nSPS) is 16.1. The van der Waals surface area contributed by atoms with Crippen molar-refractivity contribution >= 4 is 11.9 Å². The van der Waals surface area contributed by atoms with E-state index in [9.17, 15) is 0 Å². The van der Waals surface area contributed by atoms with Crippen molar-refractivity contribution in [2.24, 2.45) is 0 Å². The molecule has 1 heterocycles. The second kappa shape index (κ2) is 5.71. The molecule has 1 aromatic carbocycles. The van der Waals surface area contributed by atoms with Crippen LogP contribution in [0.3, 0.4) is 0 Å². The molecule has 0 aliphatic carbocycles. The lowest BCUT2D eigenvalue weighted by Gasteiger charge is -2.28. The summed E-state index contributed by atoms with van der Waals surface area (Å²) in [6, 6.07) is 6.86. The predicted molar refractivity (Wildman–Crippen MR) is 71.7 cm³/mol. The van der Waals surface area contributed by atoms with Crippen LogP contribution >= 0.6 is 11.9 Å². The summed E-state index contributed by atoms with van der Waals surface area (Å²) in [5.74, 6) is 1.16. The summed E-state index contributed by atoms with van der Waals surface area (Å²) < 4.78 is 3.12. The Balaban J connectivity index is 1.93. The Kier molecular flexibility index (Phi) is 4.27. The molecule has 0 saturated carbocycles. The lowest BCUT2D eigenvalue weighted by Crippen LogP contribution is -2.32. The number of benzene rings is 1. The van der Waals surface area contributed by atoms with Crippen LogP contribution in [-0.2, 0) is 13.0 Å². The quantitative estimate of drug-likeness (QED) is 0.637. The van der Waals surface area contributed by atoms with Crippen molar-refractivity contribution in [3.05, 3.63) is 34.9 Å². The largest absolute Gasteiger partial charge is 0.298 e. The van der Waals surface area contributed by atoms with Gasteiger partial charge in [0, 0.05) is 25.4 Å². The first-order valence-electron chi connectivity index (χ1n) is 5.89. The molecule has 1 N–H and O–H groups in total. The van der Waals surface area contributed by atoms with E-state index >= 15 is 0 Å². The minimum Gasteiger partial charge on any atom is -0.298 e. The third-order valence-corrected chi connectivity index (χ3v) is 3.78. The van der Waals surface area contributed by atoms with Crippen molar-refractivity contribution in [3.63, 3.8) is 0 Å². The highest BCUT2D eigenvalue weighted by molar-refractivity contribution is 7.97. The first-order chi connectivity index (χ1) is 7.79. The molecule has 0 unspecified atom stereocenters. The van der Waals surface area contributed by atoms with Gasteiger partial charge >= 0.3 is 0 Å². The van der Waals surface area contributed by atoms with E-state index in [0.29, 0.717) is 0 Å². The molecule has 88 valence electrons. The molecule has 0 saturated heterocycles. The van der Waals surface area contributed by atoms with Gasteiger partial charge < -0.3 is 0 Å². The Morgan fingerprint density at radius 1 is 1.38 bits per heavy atom. The van der Waals surface area contributed by atoms with E-state index in [-0.39, 0.29) is 0 Å². The van der Waals surface area contributed by atoms with E-state index in [1.165, 1.54) is 30.6 Å². The van der Waals surface area contributed by atoms with Crippen LogP contribution in [0.1, 0.15) is 16.7 Å². The van der Waals surface area contributed by atoms with Crippen molar-refractivity contribution < 1.29 is 0 Å². The number of nitrogens with zero attached hydrogens (tertiary/aromatic N) is 1. The molecular formula is C13H20N2S. The number of hydrogen-bond acceptors (Lipinski definition) is 3. The van der Waals surface area contributed by atoms with Gasteiger partial charge in [0.25, 0.3) is 0 Å². The van der Waals surface area contributed by atoms with E-state index in [2.05, 4.69) is 34.7 Å². The van der Waals surface area contributed by atoms with Gasteiger partial charge in [-0.2, -0.15) is 0 Å². The molecule has 1 aliphatic rings. The SMILES string of the molecule is CNSCCN1CCc2cc(C)ccc2C1. The average molecular weight is 236 g/mol. The molecular weight excluding hydrogens is 216 g/mol. The van der Waals surface area contributed by atoms with Gasteiger partial charge in [0.15, 0.2) is 0 Å². The Hall–Kier alpha value is -0.510. The smallest absolute Gasteiger partial charge is 0.0236 e. The summed E-state index contributed by atoms with van der Waals surface area (Å²) in [5, 5.41) is 0. The number of nitrogens with one attached hydrogen (secondary N) is 1. The molecule has 0 radical (unpaired) electrons. The van der Waals surface area contributed by atoms with Crippen LogP contribution in [0.25, 0.3) is 0 Å². The maximum atomic E-state index is 3.12. The molecule has 2 rings (SSSR count). The van der Waals surface area contributed by atoms with Crippen molar-refractivity contribution in [3.8, 4) is 0 Å². The number of aryl methyl sites for hydroxylation is 1. The van der Waals surface area contributed by atoms with Crippen molar-refractivity contribution in [2.75, 3.05) is 25.9 Å². The van der Waals surface area contributed by atoms with E-state index in [1.54, 1.807) is 17.5 Å². The fourth-order valence-corrected chi connectivity index (χ4v) is 2.76. The summed E-state index contributed by atoms with van der Waals surface area (Å²) >= 11 is 1.79. The molecule has 1 aliphatic heterocycles. The van der Waals surface area contributed by atoms with Crippen LogP contribution in [0.15, 0.2) is 18.2 Å². The topological polar surface area (TPSA) is 15.3 Å². The average Bonchev–Trinajstić information content (AvgIpc) is 2.29. The summed E-state index contributed by atoms with van der Waals surface area (Å²) in [5.41, 5.74) is 4.46. The third kappa shape index (κ3) is 3.00. The van der Waals surface area contributed by atoms with Gasteiger partial charge in [-0.25, -0.2) is 0 Å². The van der Waals surface area contributed by atoms with E-state index in [4.69, 9.17) is 0 Å². The van der Waals surface area contributed by atoms with Crippen molar-refractivity contribution in [2.45, 2.75) is 19.9 Å². The molecule has 0 amide bonds. The summed E-state index contributed by atoms with van der Waals surface area (Å²) in [6.07, 6.45) is 1.21. The van der Waals surface area contributed by atoms with Crippen LogP contribution in [0, 0.1) is 6.92 Å². The molecule has 16 heavy (non-hydrogen) atoms. The van der Waals surface area contributed by atoms with Crippen LogP contribution in [0.2, 0.25) is 0 Å². The van der Waals surface area contributed by atoms with Crippen molar-refractivity contribution in [1.82, 2.24) is 9.62 Å². The first-order valence-corrected chi connectivity index (χ1v) is 6.87. The van der Waals surface area contributed by atoms with Crippen molar-refractivity contribution in [1.29, 1.82) is 0 Å². The highest BCUT2D eigenvalue weighted by Gasteiger charge is 2.15. The maximum Gasteiger partial charge on any atom is 0.0236 e. The zero-order valence-corrected chi connectivity index (χ0v) is 10.9. The molecule has 1 aromatic rings. The van der Waals surface area contributed by atoms with Gasteiger partial charge in [0.1, 0.15) is 0 Å². The Labute approximate surface area is 103 Å². The Bertz CT molecular complexity index is 352. The molecule has 2 nitrogen and oxygen atoms in total. The summed E-state index contributed by atoms with van der Waals surface area (Å²) in [6.45, 7) is 5.69. The van der Waals surface area contributed by atoms with Gasteiger partial charge in [-0.1, -0.05) is 35.7 Å².